The first-order chi connectivity index (χ1) is 12.5. The van der Waals surface area contributed by atoms with Crippen molar-refractivity contribution in [1.29, 1.82) is 0 Å². The number of nitro benzene ring substituents is 1. The fourth-order valence-electron chi connectivity index (χ4n) is 3.39. The molecular formula is C18H22N2O6. The monoisotopic (exact) mass is 362 g/mol. The van der Waals surface area contributed by atoms with Gasteiger partial charge >= 0.3 is 11.9 Å². The molecule has 2 aliphatic rings. The Kier molecular flexibility index (Phi) is 5.39. The molecule has 1 aromatic rings. The third-order valence-corrected chi connectivity index (χ3v) is 4.73. The molecule has 0 aliphatic carbocycles. The van der Waals surface area contributed by atoms with Crippen LogP contribution < -0.4 is 4.90 Å². The van der Waals surface area contributed by atoms with E-state index in [0.717, 1.165) is 38.8 Å². The van der Waals surface area contributed by atoms with Crippen molar-refractivity contribution in [3.05, 3.63) is 33.9 Å². The van der Waals surface area contributed by atoms with Crippen molar-refractivity contribution in [2.45, 2.75) is 51.2 Å². The van der Waals surface area contributed by atoms with Crippen LogP contribution in [0.5, 0.6) is 0 Å². The number of ether oxygens (including phenoxy) is 2. The van der Waals surface area contributed by atoms with Crippen LogP contribution in [0.1, 0.15) is 49.4 Å². The smallest absolute Gasteiger partial charge is 0.347 e. The minimum absolute atomic E-state index is 0.0580. The summed E-state index contributed by atoms with van der Waals surface area (Å²) in [5.41, 5.74) is 0.452. The lowest BCUT2D eigenvalue weighted by Gasteiger charge is -2.22. The summed E-state index contributed by atoms with van der Waals surface area (Å²) in [5, 5.41) is 11.5. The van der Waals surface area contributed by atoms with Crippen molar-refractivity contribution in [2.24, 2.45) is 0 Å². The number of nitro groups is 1. The van der Waals surface area contributed by atoms with Crippen LogP contribution in [0.15, 0.2) is 18.2 Å². The number of carbonyl (C=O) groups is 2. The highest BCUT2D eigenvalue weighted by Crippen LogP contribution is 2.31. The molecule has 0 saturated carbocycles. The van der Waals surface area contributed by atoms with Gasteiger partial charge in [-0.2, -0.15) is 0 Å². The van der Waals surface area contributed by atoms with Gasteiger partial charge in [0.05, 0.1) is 10.5 Å². The van der Waals surface area contributed by atoms with E-state index in [-0.39, 0.29) is 17.4 Å². The Bertz CT molecular complexity index is 712. The van der Waals surface area contributed by atoms with Crippen LogP contribution in [0.4, 0.5) is 11.4 Å². The molecule has 2 fully saturated rings. The maximum atomic E-state index is 12.3. The predicted octanol–water partition coefficient (Wildman–Crippen LogP) is 2.84. The molecule has 0 aromatic heterocycles. The van der Waals surface area contributed by atoms with Gasteiger partial charge in [0.2, 0.25) is 6.10 Å². The van der Waals surface area contributed by atoms with Crippen LogP contribution in [0, 0.1) is 10.1 Å². The summed E-state index contributed by atoms with van der Waals surface area (Å²) < 4.78 is 10.1. The quantitative estimate of drug-likeness (QED) is 0.461. The second-order valence-corrected chi connectivity index (χ2v) is 6.74. The number of nitrogens with zero attached hydrogens (tertiary/aromatic N) is 2. The molecule has 2 atom stereocenters. The minimum Gasteiger partial charge on any atom is -0.460 e. The molecule has 1 aromatic carbocycles. The van der Waals surface area contributed by atoms with E-state index >= 15 is 0 Å². The first-order valence-electron chi connectivity index (χ1n) is 8.90. The average Bonchev–Trinajstić information content (AvgIpc) is 2.81. The lowest BCUT2D eigenvalue weighted by atomic mass is 10.1. The summed E-state index contributed by atoms with van der Waals surface area (Å²) in [7, 11) is 0. The maximum Gasteiger partial charge on any atom is 0.347 e. The van der Waals surface area contributed by atoms with Gasteiger partial charge in [-0.15, -0.1) is 0 Å². The van der Waals surface area contributed by atoms with Gasteiger partial charge in [-0.25, -0.2) is 9.59 Å². The van der Waals surface area contributed by atoms with Gasteiger partial charge in [-0.05, 0) is 31.9 Å². The molecule has 26 heavy (non-hydrogen) atoms. The van der Waals surface area contributed by atoms with Crippen molar-refractivity contribution in [3.8, 4) is 0 Å². The first-order valence-corrected chi connectivity index (χ1v) is 8.90. The van der Waals surface area contributed by atoms with Gasteiger partial charge in [0.15, 0.2) is 0 Å². The van der Waals surface area contributed by atoms with E-state index in [9.17, 15) is 19.7 Å². The zero-order chi connectivity index (χ0) is 18.7. The van der Waals surface area contributed by atoms with Gasteiger partial charge in [0, 0.05) is 25.6 Å². The van der Waals surface area contributed by atoms with Crippen LogP contribution in [0.2, 0.25) is 0 Å². The molecule has 8 nitrogen and oxygen atoms in total. The van der Waals surface area contributed by atoms with Crippen molar-refractivity contribution < 1.29 is 24.0 Å². The molecule has 0 bridgehead atoms. The summed E-state index contributed by atoms with van der Waals surface area (Å²) >= 11 is 0. The van der Waals surface area contributed by atoms with Gasteiger partial charge in [-0.3, -0.25) is 10.1 Å². The van der Waals surface area contributed by atoms with E-state index in [0.29, 0.717) is 12.1 Å². The normalized spacial score (nSPS) is 23.3. The zero-order valence-corrected chi connectivity index (χ0v) is 14.7. The lowest BCUT2D eigenvalue weighted by Crippen LogP contribution is -2.25. The Hall–Kier alpha value is -2.64. The molecule has 0 radical (unpaired) electrons. The number of carbonyl (C=O) groups excluding carboxylic acids is 2. The van der Waals surface area contributed by atoms with Crippen LogP contribution in [-0.4, -0.2) is 42.2 Å². The molecule has 0 spiro atoms. The Morgan fingerprint density at radius 1 is 1.27 bits per heavy atom. The fraction of sp³-hybridized carbons (Fsp3) is 0.556. The van der Waals surface area contributed by atoms with E-state index in [1.54, 1.807) is 13.0 Å². The third-order valence-electron chi connectivity index (χ3n) is 4.73. The lowest BCUT2D eigenvalue weighted by molar-refractivity contribution is -0.384. The molecule has 0 unspecified atom stereocenters. The average molecular weight is 362 g/mol. The largest absolute Gasteiger partial charge is 0.460 e. The summed E-state index contributed by atoms with van der Waals surface area (Å²) in [4.78, 5) is 36.9. The third kappa shape index (κ3) is 3.95. The van der Waals surface area contributed by atoms with E-state index in [2.05, 4.69) is 0 Å². The van der Waals surface area contributed by atoms with Gasteiger partial charge in [-0.1, -0.05) is 12.8 Å². The summed E-state index contributed by atoms with van der Waals surface area (Å²) in [5.74, 6) is -1.34. The second kappa shape index (κ2) is 7.72. The van der Waals surface area contributed by atoms with Crippen molar-refractivity contribution in [3.63, 3.8) is 0 Å². The van der Waals surface area contributed by atoms with E-state index in [1.807, 2.05) is 4.90 Å². The number of anilines is 1. The molecule has 3 rings (SSSR count). The molecule has 140 valence electrons. The Morgan fingerprint density at radius 3 is 2.54 bits per heavy atom. The topological polar surface area (TPSA) is 99.0 Å². The molecule has 0 N–H and O–H groups in total. The summed E-state index contributed by atoms with van der Waals surface area (Å²) in [6.07, 6.45) is 3.24. The van der Waals surface area contributed by atoms with Gasteiger partial charge < -0.3 is 14.4 Å². The first kappa shape index (κ1) is 18.2. The number of hydrogen-bond donors (Lipinski definition) is 0. The fourth-order valence-corrected chi connectivity index (χ4v) is 3.39. The Morgan fingerprint density at radius 2 is 1.96 bits per heavy atom. The standard InChI is InChI=1S/C18H22N2O6/c1-12-10-16(18(22)25-12)26-17(21)13-6-7-14(15(11-13)20(23)24)19-8-4-2-3-5-9-19/h6-7,11-12,16H,2-5,8-10H2,1H3/t12-,16-/m1/s1. The van der Waals surface area contributed by atoms with E-state index < -0.39 is 23.0 Å². The molecule has 0 amide bonds. The Labute approximate surface area is 151 Å². The highest BCUT2D eigenvalue weighted by molar-refractivity contribution is 5.93. The SMILES string of the molecule is C[C@@H]1C[C@@H](OC(=O)c2ccc(N3CCCCCC3)c([N+](=O)[O-])c2)C(=O)O1. The van der Waals surface area contributed by atoms with Crippen molar-refractivity contribution in [2.75, 3.05) is 18.0 Å². The summed E-state index contributed by atoms with van der Waals surface area (Å²) in [6, 6.07) is 4.33. The highest BCUT2D eigenvalue weighted by Gasteiger charge is 2.35. The van der Waals surface area contributed by atoms with Crippen LogP contribution in [0.3, 0.4) is 0 Å². The van der Waals surface area contributed by atoms with Crippen LogP contribution in [0.25, 0.3) is 0 Å². The maximum absolute atomic E-state index is 12.3. The highest BCUT2D eigenvalue weighted by atomic mass is 16.6. The van der Waals surface area contributed by atoms with E-state index in [4.69, 9.17) is 9.47 Å². The molecule has 2 heterocycles. The number of cyclic esters (lactones) is 1. The van der Waals surface area contributed by atoms with Gasteiger partial charge in [0.25, 0.3) is 5.69 Å². The van der Waals surface area contributed by atoms with Crippen molar-refractivity contribution >= 4 is 23.3 Å². The molecule has 2 aliphatic heterocycles. The minimum atomic E-state index is -0.957. The van der Waals surface area contributed by atoms with Crippen LogP contribution >= 0.6 is 0 Å². The number of hydrogen-bond acceptors (Lipinski definition) is 7. The van der Waals surface area contributed by atoms with E-state index in [1.165, 1.54) is 12.1 Å². The number of benzene rings is 1. The summed E-state index contributed by atoms with van der Waals surface area (Å²) in [6.45, 7) is 3.24. The zero-order valence-electron chi connectivity index (χ0n) is 14.7. The number of rotatable bonds is 4. The molecule has 8 heteroatoms. The Balaban J connectivity index is 1.80. The second-order valence-electron chi connectivity index (χ2n) is 6.74. The molecular weight excluding hydrogens is 340 g/mol. The van der Waals surface area contributed by atoms with Crippen molar-refractivity contribution in [1.82, 2.24) is 0 Å². The van der Waals surface area contributed by atoms with Crippen LogP contribution in [-0.2, 0) is 14.3 Å². The number of esters is 2. The van der Waals surface area contributed by atoms with Gasteiger partial charge in [0.1, 0.15) is 11.8 Å². The molecule has 2 saturated heterocycles. The predicted molar refractivity (Wildman–Crippen MR) is 93.2 cm³/mol.